The second-order valence-electron chi connectivity index (χ2n) is 3.31. The molecule has 0 aliphatic carbocycles. The van der Waals surface area contributed by atoms with Gasteiger partial charge >= 0.3 is 0 Å². The molecule has 2 N–H and O–H groups in total. The van der Waals surface area contributed by atoms with Crippen molar-refractivity contribution in [1.82, 2.24) is 5.32 Å². The summed E-state index contributed by atoms with van der Waals surface area (Å²) in [6.45, 7) is 6.04. The summed E-state index contributed by atoms with van der Waals surface area (Å²) >= 11 is 0. The molecule has 0 fully saturated rings. The highest BCUT2D eigenvalue weighted by Gasteiger charge is 2.10. The van der Waals surface area contributed by atoms with Crippen LogP contribution < -0.4 is 5.32 Å². The molecule has 0 aliphatic heterocycles. The van der Waals surface area contributed by atoms with E-state index in [0.717, 1.165) is 26.1 Å². The highest BCUT2D eigenvalue weighted by atomic mass is 16.5. The van der Waals surface area contributed by atoms with E-state index in [4.69, 9.17) is 4.74 Å². The maximum absolute atomic E-state index is 9.30. The smallest absolute Gasteiger partial charge is 0.0603 e. The predicted molar refractivity (Wildman–Crippen MR) is 45.7 cm³/mol. The fourth-order valence-electron chi connectivity index (χ4n) is 0.694. The fraction of sp³-hybridized carbons (Fsp3) is 1.00. The van der Waals surface area contributed by atoms with Gasteiger partial charge in [-0.25, -0.2) is 0 Å². The number of nitrogens with one attached hydrogen (secondary N) is 1. The Morgan fingerprint density at radius 3 is 2.45 bits per heavy atom. The maximum atomic E-state index is 9.30. The van der Waals surface area contributed by atoms with Gasteiger partial charge in [0.25, 0.3) is 0 Å². The molecule has 68 valence electrons. The highest BCUT2D eigenvalue weighted by molar-refractivity contribution is 4.65. The SMILES string of the molecule is COCCNCCC(C)(C)O. The van der Waals surface area contributed by atoms with Crippen molar-refractivity contribution in [3.8, 4) is 0 Å². The maximum Gasteiger partial charge on any atom is 0.0603 e. The number of aliphatic hydroxyl groups is 1. The third-order valence-electron chi connectivity index (χ3n) is 1.40. The van der Waals surface area contributed by atoms with Gasteiger partial charge in [-0.15, -0.1) is 0 Å². The van der Waals surface area contributed by atoms with E-state index in [1.54, 1.807) is 7.11 Å². The van der Waals surface area contributed by atoms with Crippen LogP contribution >= 0.6 is 0 Å². The first-order valence-corrected chi connectivity index (χ1v) is 3.98. The summed E-state index contributed by atoms with van der Waals surface area (Å²) in [7, 11) is 1.68. The molecule has 0 spiro atoms. The van der Waals surface area contributed by atoms with Gasteiger partial charge in [0.1, 0.15) is 0 Å². The molecule has 0 saturated heterocycles. The highest BCUT2D eigenvalue weighted by Crippen LogP contribution is 2.04. The van der Waals surface area contributed by atoms with E-state index in [0.29, 0.717) is 0 Å². The molecule has 0 heterocycles. The van der Waals surface area contributed by atoms with Gasteiger partial charge in [0, 0.05) is 13.7 Å². The summed E-state index contributed by atoms with van der Waals surface area (Å²) in [6.07, 6.45) is 0.775. The Morgan fingerprint density at radius 2 is 2.00 bits per heavy atom. The predicted octanol–water partition coefficient (Wildman–Crippen LogP) is 0.383. The summed E-state index contributed by atoms with van der Waals surface area (Å²) in [5, 5.41) is 12.5. The molecule has 0 aliphatic rings. The van der Waals surface area contributed by atoms with Crippen LogP contribution in [0.15, 0.2) is 0 Å². The van der Waals surface area contributed by atoms with Gasteiger partial charge in [0.05, 0.1) is 12.2 Å². The molecule has 0 bridgehead atoms. The van der Waals surface area contributed by atoms with Crippen molar-refractivity contribution in [2.24, 2.45) is 0 Å². The van der Waals surface area contributed by atoms with E-state index >= 15 is 0 Å². The lowest BCUT2D eigenvalue weighted by Crippen LogP contribution is -2.28. The van der Waals surface area contributed by atoms with Gasteiger partial charge in [0.15, 0.2) is 0 Å². The van der Waals surface area contributed by atoms with Crippen LogP contribution in [0.25, 0.3) is 0 Å². The summed E-state index contributed by atoms with van der Waals surface area (Å²) in [6, 6.07) is 0. The van der Waals surface area contributed by atoms with Gasteiger partial charge in [-0.05, 0) is 26.8 Å². The monoisotopic (exact) mass is 161 g/mol. The molecule has 0 aromatic rings. The van der Waals surface area contributed by atoms with E-state index in [-0.39, 0.29) is 0 Å². The Bertz CT molecular complexity index is 88.6. The summed E-state index contributed by atoms with van der Waals surface area (Å²) in [5.41, 5.74) is -0.555. The van der Waals surface area contributed by atoms with Crippen molar-refractivity contribution < 1.29 is 9.84 Å². The van der Waals surface area contributed by atoms with Crippen LogP contribution in [0.1, 0.15) is 20.3 Å². The van der Waals surface area contributed by atoms with Gasteiger partial charge in [-0.2, -0.15) is 0 Å². The van der Waals surface area contributed by atoms with E-state index in [2.05, 4.69) is 5.32 Å². The van der Waals surface area contributed by atoms with Gasteiger partial charge in [-0.1, -0.05) is 0 Å². The minimum atomic E-state index is -0.555. The van der Waals surface area contributed by atoms with Gasteiger partial charge in [0.2, 0.25) is 0 Å². The van der Waals surface area contributed by atoms with Crippen LogP contribution in [0.4, 0.5) is 0 Å². The van der Waals surface area contributed by atoms with Crippen molar-refractivity contribution >= 4 is 0 Å². The van der Waals surface area contributed by atoms with Crippen LogP contribution in [0, 0.1) is 0 Å². The Hall–Kier alpha value is -0.120. The molecule has 0 rings (SSSR count). The lowest BCUT2D eigenvalue weighted by atomic mass is 10.1. The molecule has 0 aromatic carbocycles. The number of hydrogen-bond donors (Lipinski definition) is 2. The van der Waals surface area contributed by atoms with E-state index in [1.165, 1.54) is 0 Å². The zero-order valence-electron chi connectivity index (χ0n) is 7.68. The number of rotatable bonds is 6. The molecule has 0 unspecified atom stereocenters. The normalized spacial score (nSPS) is 12.0. The Morgan fingerprint density at radius 1 is 1.36 bits per heavy atom. The van der Waals surface area contributed by atoms with Gasteiger partial charge in [-0.3, -0.25) is 0 Å². The molecule has 0 aromatic heterocycles. The topological polar surface area (TPSA) is 41.5 Å². The lowest BCUT2D eigenvalue weighted by molar-refractivity contribution is 0.0705. The second-order valence-corrected chi connectivity index (χ2v) is 3.31. The minimum absolute atomic E-state index is 0.555. The quantitative estimate of drug-likeness (QED) is 0.553. The standard InChI is InChI=1S/C8H19NO2/c1-8(2,10)4-5-9-6-7-11-3/h9-10H,4-7H2,1-3H3. The molecule has 0 amide bonds. The fourth-order valence-corrected chi connectivity index (χ4v) is 0.694. The molecular formula is C8H19NO2. The third-order valence-corrected chi connectivity index (χ3v) is 1.40. The minimum Gasteiger partial charge on any atom is -0.390 e. The molecule has 11 heavy (non-hydrogen) atoms. The Labute approximate surface area is 68.8 Å². The molecule has 3 nitrogen and oxygen atoms in total. The van der Waals surface area contributed by atoms with Crippen molar-refractivity contribution in [2.45, 2.75) is 25.9 Å². The zero-order valence-corrected chi connectivity index (χ0v) is 7.68. The first-order valence-electron chi connectivity index (χ1n) is 3.98. The number of ether oxygens (including phenoxy) is 1. The van der Waals surface area contributed by atoms with Crippen molar-refractivity contribution in [3.63, 3.8) is 0 Å². The van der Waals surface area contributed by atoms with E-state index in [9.17, 15) is 5.11 Å². The summed E-state index contributed by atoms with van der Waals surface area (Å²) in [4.78, 5) is 0. The van der Waals surface area contributed by atoms with Crippen LogP contribution in [-0.4, -0.2) is 37.5 Å². The lowest BCUT2D eigenvalue weighted by Gasteiger charge is -2.16. The average molecular weight is 161 g/mol. The molecule has 3 heteroatoms. The molecule has 0 radical (unpaired) electrons. The second kappa shape index (κ2) is 5.52. The van der Waals surface area contributed by atoms with Crippen molar-refractivity contribution in [2.75, 3.05) is 26.8 Å². The third kappa shape index (κ3) is 9.88. The summed E-state index contributed by atoms with van der Waals surface area (Å²) < 4.78 is 4.85. The van der Waals surface area contributed by atoms with Crippen LogP contribution in [-0.2, 0) is 4.74 Å². The zero-order chi connectivity index (χ0) is 8.74. The Kier molecular flexibility index (Phi) is 5.46. The van der Waals surface area contributed by atoms with Gasteiger partial charge < -0.3 is 15.2 Å². The average Bonchev–Trinajstić information content (AvgIpc) is 1.85. The Balaban J connectivity index is 3.02. The molecular weight excluding hydrogens is 142 g/mol. The summed E-state index contributed by atoms with van der Waals surface area (Å²) in [5.74, 6) is 0. The molecule has 0 atom stereocenters. The van der Waals surface area contributed by atoms with E-state index in [1.807, 2.05) is 13.8 Å². The van der Waals surface area contributed by atoms with E-state index < -0.39 is 5.60 Å². The van der Waals surface area contributed by atoms with Crippen molar-refractivity contribution in [3.05, 3.63) is 0 Å². The first kappa shape index (κ1) is 10.9. The molecule has 0 saturated carbocycles. The van der Waals surface area contributed by atoms with Crippen LogP contribution in [0.5, 0.6) is 0 Å². The first-order chi connectivity index (χ1) is 5.06. The number of hydrogen-bond acceptors (Lipinski definition) is 3. The number of methoxy groups -OCH3 is 1. The van der Waals surface area contributed by atoms with Crippen LogP contribution in [0.2, 0.25) is 0 Å². The van der Waals surface area contributed by atoms with Crippen molar-refractivity contribution in [1.29, 1.82) is 0 Å². The largest absolute Gasteiger partial charge is 0.390 e. The van der Waals surface area contributed by atoms with Crippen LogP contribution in [0.3, 0.4) is 0 Å².